The normalized spacial score (nSPS) is 15.8. The number of benzene rings is 1. The van der Waals surface area contributed by atoms with Crippen LogP contribution in [0, 0.1) is 0 Å². The number of amides is 1. The van der Waals surface area contributed by atoms with Gasteiger partial charge in [0.1, 0.15) is 5.82 Å². The average Bonchev–Trinajstić information content (AvgIpc) is 2.95. The number of fused-ring (bicyclic) bond motifs is 1. The Morgan fingerprint density at radius 1 is 1.33 bits per heavy atom. The van der Waals surface area contributed by atoms with Gasteiger partial charge in [-0.2, -0.15) is 0 Å². The van der Waals surface area contributed by atoms with E-state index in [1.165, 1.54) is 5.56 Å². The van der Waals surface area contributed by atoms with Crippen molar-refractivity contribution in [1.29, 1.82) is 0 Å². The van der Waals surface area contributed by atoms with Crippen molar-refractivity contribution in [1.82, 2.24) is 25.0 Å². The molecule has 8 heteroatoms. The summed E-state index contributed by atoms with van der Waals surface area (Å²) < 4.78 is 7.09. The molecule has 0 aliphatic carbocycles. The van der Waals surface area contributed by atoms with Gasteiger partial charge in [0.2, 0.25) is 5.91 Å². The number of ether oxygens (including phenoxy) is 1. The van der Waals surface area contributed by atoms with Crippen LogP contribution >= 0.6 is 11.6 Å². The number of hydrogen-bond acceptors (Lipinski definition) is 5. The maximum absolute atomic E-state index is 12.0. The van der Waals surface area contributed by atoms with Gasteiger partial charge in [-0.05, 0) is 24.6 Å². The molecule has 2 heterocycles. The topological polar surface area (TPSA) is 72.3 Å². The molecule has 0 fully saturated rings. The molecule has 1 amide bonds. The molecule has 7 nitrogen and oxygen atoms in total. The third-order valence-electron chi connectivity index (χ3n) is 4.74. The standard InChI is InChI=1S/C19H26ClN5O2/c1-14(21-18(26)7-11-27-2)19-23-22-17-6-8-24(9-10-25(17)19)13-15-4-3-5-16(20)12-15/h3-5,12,14H,6-11,13H2,1-2H3,(H,21,26). The summed E-state index contributed by atoms with van der Waals surface area (Å²) >= 11 is 6.10. The van der Waals surface area contributed by atoms with Crippen molar-refractivity contribution >= 4 is 17.5 Å². The second-order valence-corrected chi connectivity index (χ2v) is 7.25. The Labute approximate surface area is 164 Å². The summed E-state index contributed by atoms with van der Waals surface area (Å²) in [5.74, 6) is 1.73. The van der Waals surface area contributed by atoms with Crippen molar-refractivity contribution in [2.45, 2.75) is 38.9 Å². The van der Waals surface area contributed by atoms with E-state index in [1.807, 2.05) is 25.1 Å². The Kier molecular flexibility index (Phi) is 6.82. The zero-order valence-electron chi connectivity index (χ0n) is 15.8. The van der Waals surface area contributed by atoms with Crippen molar-refractivity contribution in [3.8, 4) is 0 Å². The van der Waals surface area contributed by atoms with Crippen LogP contribution in [0.4, 0.5) is 0 Å². The minimum Gasteiger partial charge on any atom is -0.384 e. The summed E-state index contributed by atoms with van der Waals surface area (Å²) in [5, 5.41) is 12.4. The molecule has 1 aromatic heterocycles. The summed E-state index contributed by atoms with van der Waals surface area (Å²) in [6.45, 7) is 5.83. The van der Waals surface area contributed by atoms with Crippen molar-refractivity contribution in [3.05, 3.63) is 46.5 Å². The van der Waals surface area contributed by atoms with Gasteiger partial charge in [0.25, 0.3) is 0 Å². The number of halogens is 1. The number of carbonyl (C=O) groups excluding carboxylic acids is 1. The van der Waals surface area contributed by atoms with Crippen LogP contribution in [0.25, 0.3) is 0 Å². The lowest BCUT2D eigenvalue weighted by Gasteiger charge is -2.20. The number of rotatable bonds is 7. The zero-order valence-corrected chi connectivity index (χ0v) is 16.6. The Morgan fingerprint density at radius 2 is 2.19 bits per heavy atom. The highest BCUT2D eigenvalue weighted by Crippen LogP contribution is 2.18. The van der Waals surface area contributed by atoms with E-state index in [0.29, 0.717) is 13.0 Å². The summed E-state index contributed by atoms with van der Waals surface area (Å²) in [5.41, 5.74) is 1.21. The number of methoxy groups -OCH3 is 1. The quantitative estimate of drug-likeness (QED) is 0.783. The molecule has 0 saturated carbocycles. The van der Waals surface area contributed by atoms with E-state index in [-0.39, 0.29) is 11.9 Å². The van der Waals surface area contributed by atoms with Crippen LogP contribution in [0.3, 0.4) is 0 Å². The molecule has 2 aromatic rings. The predicted octanol–water partition coefficient (Wildman–Crippen LogP) is 2.20. The molecule has 1 aliphatic rings. The zero-order chi connectivity index (χ0) is 19.2. The number of aromatic nitrogens is 3. The van der Waals surface area contributed by atoms with Crippen LogP contribution in [0.5, 0.6) is 0 Å². The summed E-state index contributed by atoms with van der Waals surface area (Å²) in [7, 11) is 1.59. The van der Waals surface area contributed by atoms with Crippen LogP contribution in [0.15, 0.2) is 24.3 Å². The highest BCUT2D eigenvalue weighted by Gasteiger charge is 2.22. The third-order valence-corrected chi connectivity index (χ3v) is 4.98. The van der Waals surface area contributed by atoms with Crippen molar-refractivity contribution in [3.63, 3.8) is 0 Å². The molecule has 1 atom stereocenters. The fourth-order valence-corrected chi connectivity index (χ4v) is 3.55. The first kappa shape index (κ1) is 19.8. The number of nitrogens with zero attached hydrogens (tertiary/aromatic N) is 4. The second-order valence-electron chi connectivity index (χ2n) is 6.81. The van der Waals surface area contributed by atoms with Crippen molar-refractivity contribution in [2.75, 3.05) is 26.8 Å². The Bertz CT molecular complexity index is 779. The molecule has 1 aliphatic heterocycles. The van der Waals surface area contributed by atoms with Crippen LogP contribution in [0.2, 0.25) is 5.02 Å². The molecule has 0 spiro atoms. The Balaban J connectivity index is 1.62. The highest BCUT2D eigenvalue weighted by atomic mass is 35.5. The van der Waals surface area contributed by atoms with Gasteiger partial charge in [-0.3, -0.25) is 9.69 Å². The van der Waals surface area contributed by atoms with Crippen LogP contribution in [-0.2, 0) is 29.0 Å². The first-order chi connectivity index (χ1) is 13.1. The van der Waals surface area contributed by atoms with E-state index in [4.69, 9.17) is 16.3 Å². The van der Waals surface area contributed by atoms with Gasteiger partial charge in [0, 0.05) is 51.2 Å². The Morgan fingerprint density at radius 3 is 2.96 bits per heavy atom. The van der Waals surface area contributed by atoms with E-state index < -0.39 is 0 Å². The van der Waals surface area contributed by atoms with E-state index >= 15 is 0 Å². The predicted molar refractivity (Wildman–Crippen MR) is 104 cm³/mol. The van der Waals surface area contributed by atoms with E-state index in [2.05, 4.69) is 31.0 Å². The van der Waals surface area contributed by atoms with Gasteiger partial charge in [0.15, 0.2) is 5.82 Å². The van der Waals surface area contributed by atoms with Gasteiger partial charge in [0.05, 0.1) is 12.6 Å². The van der Waals surface area contributed by atoms with Gasteiger partial charge in [-0.1, -0.05) is 23.7 Å². The van der Waals surface area contributed by atoms with E-state index in [1.54, 1.807) is 7.11 Å². The second kappa shape index (κ2) is 9.30. The molecule has 1 N–H and O–H groups in total. The van der Waals surface area contributed by atoms with Crippen LogP contribution in [0.1, 0.15) is 36.6 Å². The molecule has 0 radical (unpaired) electrons. The van der Waals surface area contributed by atoms with E-state index in [9.17, 15) is 4.79 Å². The fourth-order valence-electron chi connectivity index (χ4n) is 3.33. The van der Waals surface area contributed by atoms with Crippen LogP contribution < -0.4 is 5.32 Å². The van der Waals surface area contributed by atoms with E-state index in [0.717, 1.165) is 49.3 Å². The van der Waals surface area contributed by atoms with Gasteiger partial charge in [-0.25, -0.2) is 0 Å². The van der Waals surface area contributed by atoms with Gasteiger partial charge < -0.3 is 14.6 Å². The molecule has 1 unspecified atom stereocenters. The van der Waals surface area contributed by atoms with Crippen LogP contribution in [-0.4, -0.2) is 52.4 Å². The van der Waals surface area contributed by atoms with Crippen molar-refractivity contribution < 1.29 is 9.53 Å². The number of carbonyl (C=O) groups is 1. The molecule has 27 heavy (non-hydrogen) atoms. The van der Waals surface area contributed by atoms with Crippen molar-refractivity contribution in [2.24, 2.45) is 0 Å². The molecule has 146 valence electrons. The number of hydrogen-bond donors (Lipinski definition) is 1. The lowest BCUT2D eigenvalue weighted by molar-refractivity contribution is -0.122. The molecular weight excluding hydrogens is 366 g/mol. The molecule has 3 rings (SSSR count). The maximum atomic E-state index is 12.0. The smallest absolute Gasteiger partial charge is 0.222 e. The first-order valence-electron chi connectivity index (χ1n) is 9.24. The third kappa shape index (κ3) is 5.28. The lowest BCUT2D eigenvalue weighted by Crippen LogP contribution is -2.30. The maximum Gasteiger partial charge on any atom is 0.222 e. The monoisotopic (exact) mass is 391 g/mol. The minimum absolute atomic E-state index is 0.0436. The van der Waals surface area contributed by atoms with Gasteiger partial charge >= 0.3 is 0 Å². The Hall–Kier alpha value is -1.96. The largest absolute Gasteiger partial charge is 0.384 e. The average molecular weight is 392 g/mol. The summed E-state index contributed by atoms with van der Waals surface area (Å²) in [6.07, 6.45) is 1.17. The summed E-state index contributed by atoms with van der Waals surface area (Å²) in [6, 6.07) is 7.80. The number of nitrogens with one attached hydrogen (secondary N) is 1. The highest BCUT2D eigenvalue weighted by molar-refractivity contribution is 6.30. The fraction of sp³-hybridized carbons (Fsp3) is 0.526. The molecule has 0 bridgehead atoms. The SMILES string of the molecule is COCCC(=O)NC(C)c1nnc2n1CCN(Cc1cccc(Cl)c1)CC2. The molecule has 0 saturated heterocycles. The first-order valence-corrected chi connectivity index (χ1v) is 9.61. The molecular formula is C19H26ClN5O2. The lowest BCUT2D eigenvalue weighted by atomic mass is 10.2. The summed E-state index contributed by atoms with van der Waals surface area (Å²) in [4.78, 5) is 14.4. The van der Waals surface area contributed by atoms with Gasteiger partial charge in [-0.15, -0.1) is 10.2 Å². The molecule has 1 aromatic carbocycles. The minimum atomic E-state index is -0.185.